The Labute approximate surface area is 157 Å². The Balaban J connectivity index is 1.74. The molecule has 1 aliphatic heterocycles. The summed E-state index contributed by atoms with van der Waals surface area (Å²) >= 11 is 0. The van der Waals surface area contributed by atoms with Crippen LogP contribution in [0.2, 0.25) is 0 Å². The average molecular weight is 363 g/mol. The Morgan fingerprint density at radius 1 is 1.15 bits per heavy atom. The van der Waals surface area contributed by atoms with Gasteiger partial charge in [-0.05, 0) is 44.0 Å². The number of carbonyl (C=O) groups excluding carboxylic acids is 2. The van der Waals surface area contributed by atoms with Gasteiger partial charge >= 0.3 is 0 Å². The predicted octanol–water partition coefficient (Wildman–Crippen LogP) is 2.97. The molecule has 0 radical (unpaired) electrons. The fourth-order valence-corrected chi connectivity index (χ4v) is 3.66. The summed E-state index contributed by atoms with van der Waals surface area (Å²) in [5, 5.41) is 2.82. The van der Waals surface area contributed by atoms with Crippen molar-refractivity contribution in [2.75, 3.05) is 11.9 Å². The van der Waals surface area contributed by atoms with Crippen LogP contribution in [0.4, 0.5) is 5.82 Å². The highest BCUT2D eigenvalue weighted by Crippen LogP contribution is 2.32. The molecule has 0 aliphatic carbocycles. The van der Waals surface area contributed by atoms with Crippen molar-refractivity contribution in [1.29, 1.82) is 0 Å². The number of rotatable bonds is 3. The van der Waals surface area contributed by atoms with Crippen LogP contribution in [-0.2, 0) is 4.79 Å². The van der Waals surface area contributed by atoms with E-state index in [4.69, 9.17) is 0 Å². The van der Waals surface area contributed by atoms with Crippen LogP contribution in [0.1, 0.15) is 47.8 Å². The van der Waals surface area contributed by atoms with Gasteiger partial charge in [0.2, 0.25) is 5.91 Å². The van der Waals surface area contributed by atoms with Gasteiger partial charge in [-0.15, -0.1) is 0 Å². The summed E-state index contributed by atoms with van der Waals surface area (Å²) in [4.78, 5) is 35.7. The molecule has 1 saturated heterocycles. The van der Waals surface area contributed by atoms with Gasteiger partial charge < -0.3 is 14.6 Å². The molecule has 3 aromatic rings. The lowest BCUT2D eigenvalue weighted by atomic mass is 10.2. The molecule has 0 spiro atoms. The fraction of sp³-hybridized carbons (Fsp3) is 0.300. The number of aromatic nitrogens is 3. The van der Waals surface area contributed by atoms with E-state index >= 15 is 0 Å². The van der Waals surface area contributed by atoms with Crippen LogP contribution in [0.15, 0.2) is 42.6 Å². The minimum atomic E-state index is -0.310. The van der Waals surface area contributed by atoms with Gasteiger partial charge in [-0.25, -0.2) is 9.97 Å². The van der Waals surface area contributed by atoms with Gasteiger partial charge in [0.15, 0.2) is 5.69 Å². The molecule has 0 bridgehead atoms. The third kappa shape index (κ3) is 3.16. The van der Waals surface area contributed by atoms with Gasteiger partial charge in [0, 0.05) is 25.4 Å². The van der Waals surface area contributed by atoms with Crippen molar-refractivity contribution in [1.82, 2.24) is 19.3 Å². The standard InChI is InChI=1S/C20H21N5O2/c1-13-7-5-10-17(21-13)22-20(27)18-15-8-3-4-11-25(15)19(23-18)16-9-6-12-24(16)14(2)26/h3-5,7-8,10-11,16H,6,9,12H2,1-2H3,(H,21,22,27)/t16-/m0/s1. The lowest BCUT2D eigenvalue weighted by molar-refractivity contribution is -0.129. The molecular formula is C20H21N5O2. The molecule has 0 aromatic carbocycles. The quantitative estimate of drug-likeness (QED) is 0.776. The Hall–Kier alpha value is -3.22. The van der Waals surface area contributed by atoms with Crippen molar-refractivity contribution < 1.29 is 9.59 Å². The smallest absolute Gasteiger partial charge is 0.277 e. The summed E-state index contributed by atoms with van der Waals surface area (Å²) in [6, 6.07) is 11.0. The van der Waals surface area contributed by atoms with E-state index in [1.165, 1.54) is 0 Å². The van der Waals surface area contributed by atoms with E-state index < -0.39 is 0 Å². The van der Waals surface area contributed by atoms with Crippen LogP contribution >= 0.6 is 0 Å². The van der Waals surface area contributed by atoms with Gasteiger partial charge in [0.25, 0.3) is 5.91 Å². The maximum absolute atomic E-state index is 12.9. The summed E-state index contributed by atoms with van der Waals surface area (Å²) in [7, 11) is 0. The molecule has 7 nitrogen and oxygen atoms in total. The van der Waals surface area contributed by atoms with Crippen molar-refractivity contribution in [3.63, 3.8) is 0 Å². The van der Waals surface area contributed by atoms with Crippen LogP contribution in [-0.4, -0.2) is 37.6 Å². The molecule has 0 unspecified atom stereocenters. The largest absolute Gasteiger partial charge is 0.333 e. The SMILES string of the molecule is CC(=O)N1CCC[C@H]1c1nc(C(=O)Nc2cccc(C)n2)c2ccccn12. The van der Waals surface area contributed by atoms with Crippen LogP contribution in [0.5, 0.6) is 0 Å². The summed E-state index contributed by atoms with van der Waals surface area (Å²) < 4.78 is 1.91. The van der Waals surface area contributed by atoms with Crippen molar-refractivity contribution in [2.45, 2.75) is 32.7 Å². The van der Waals surface area contributed by atoms with Crippen molar-refractivity contribution in [3.8, 4) is 0 Å². The number of fused-ring (bicyclic) bond motifs is 1. The molecule has 0 saturated carbocycles. The van der Waals surface area contributed by atoms with E-state index in [0.717, 1.165) is 30.9 Å². The number of hydrogen-bond acceptors (Lipinski definition) is 4. The molecule has 1 fully saturated rings. The van der Waals surface area contributed by atoms with Crippen molar-refractivity contribution in [2.24, 2.45) is 0 Å². The van der Waals surface area contributed by atoms with Crippen LogP contribution < -0.4 is 5.32 Å². The van der Waals surface area contributed by atoms with E-state index in [1.807, 2.05) is 52.8 Å². The Morgan fingerprint density at radius 2 is 2.00 bits per heavy atom. The van der Waals surface area contributed by atoms with Gasteiger partial charge in [0.05, 0.1) is 11.6 Å². The number of imidazole rings is 1. The Kier molecular flexibility index (Phi) is 4.35. The second-order valence-corrected chi connectivity index (χ2v) is 6.76. The summed E-state index contributed by atoms with van der Waals surface area (Å²) in [6.45, 7) is 4.16. The molecule has 4 rings (SSSR count). The van der Waals surface area contributed by atoms with Gasteiger partial charge in [-0.3, -0.25) is 9.59 Å². The number of aryl methyl sites for hydroxylation is 1. The predicted molar refractivity (Wildman–Crippen MR) is 101 cm³/mol. The van der Waals surface area contributed by atoms with Gasteiger partial charge in [-0.2, -0.15) is 0 Å². The van der Waals surface area contributed by atoms with Crippen LogP contribution in [0.25, 0.3) is 5.52 Å². The second-order valence-electron chi connectivity index (χ2n) is 6.76. The van der Waals surface area contributed by atoms with Crippen molar-refractivity contribution >= 4 is 23.1 Å². The molecule has 27 heavy (non-hydrogen) atoms. The third-order valence-electron chi connectivity index (χ3n) is 4.88. The lowest BCUT2D eigenvalue weighted by Crippen LogP contribution is -2.29. The molecule has 1 aliphatic rings. The van der Waals surface area contributed by atoms with E-state index in [-0.39, 0.29) is 17.9 Å². The van der Waals surface area contributed by atoms with Gasteiger partial charge in [-0.1, -0.05) is 12.1 Å². The van der Waals surface area contributed by atoms with E-state index in [2.05, 4.69) is 15.3 Å². The first kappa shape index (κ1) is 17.2. The minimum Gasteiger partial charge on any atom is -0.333 e. The maximum atomic E-state index is 12.9. The zero-order chi connectivity index (χ0) is 19.0. The zero-order valence-corrected chi connectivity index (χ0v) is 15.3. The molecule has 3 aromatic heterocycles. The first-order chi connectivity index (χ1) is 13.0. The fourth-order valence-electron chi connectivity index (χ4n) is 3.66. The summed E-state index contributed by atoms with van der Waals surface area (Å²) in [5.74, 6) is 0.932. The highest BCUT2D eigenvalue weighted by atomic mass is 16.2. The second kappa shape index (κ2) is 6.83. The highest BCUT2D eigenvalue weighted by molar-refractivity contribution is 6.07. The Bertz CT molecular complexity index is 1030. The maximum Gasteiger partial charge on any atom is 0.277 e. The normalized spacial score (nSPS) is 16.7. The molecule has 7 heteroatoms. The first-order valence-corrected chi connectivity index (χ1v) is 9.04. The summed E-state index contributed by atoms with van der Waals surface area (Å²) in [5.41, 5.74) is 1.88. The van der Waals surface area contributed by atoms with Crippen LogP contribution in [0.3, 0.4) is 0 Å². The minimum absolute atomic E-state index is 0.0279. The number of anilines is 1. The molecule has 4 heterocycles. The van der Waals surface area contributed by atoms with Crippen molar-refractivity contribution in [3.05, 3.63) is 59.8 Å². The first-order valence-electron chi connectivity index (χ1n) is 9.04. The highest BCUT2D eigenvalue weighted by Gasteiger charge is 2.32. The Morgan fingerprint density at radius 3 is 2.78 bits per heavy atom. The molecule has 1 atom stereocenters. The molecule has 1 N–H and O–H groups in total. The lowest BCUT2D eigenvalue weighted by Gasteiger charge is -2.22. The number of carbonyl (C=O) groups is 2. The topological polar surface area (TPSA) is 79.6 Å². The van der Waals surface area contributed by atoms with Crippen LogP contribution in [0, 0.1) is 6.92 Å². The number of pyridine rings is 2. The number of amides is 2. The number of hydrogen-bond donors (Lipinski definition) is 1. The number of nitrogens with one attached hydrogen (secondary N) is 1. The number of nitrogens with zero attached hydrogens (tertiary/aromatic N) is 4. The average Bonchev–Trinajstić information content (AvgIpc) is 3.26. The van der Waals surface area contributed by atoms with E-state index in [1.54, 1.807) is 13.0 Å². The van der Waals surface area contributed by atoms with E-state index in [0.29, 0.717) is 17.0 Å². The zero-order valence-electron chi connectivity index (χ0n) is 15.3. The molecule has 138 valence electrons. The van der Waals surface area contributed by atoms with E-state index in [9.17, 15) is 9.59 Å². The molecule has 2 amide bonds. The number of likely N-dealkylation sites (tertiary alicyclic amines) is 1. The van der Waals surface area contributed by atoms with Gasteiger partial charge in [0.1, 0.15) is 11.6 Å². The molecular weight excluding hydrogens is 342 g/mol. The monoisotopic (exact) mass is 363 g/mol. The third-order valence-corrected chi connectivity index (χ3v) is 4.88. The summed E-state index contributed by atoms with van der Waals surface area (Å²) in [6.07, 6.45) is 3.66.